The van der Waals surface area contributed by atoms with Crippen LogP contribution in [0.3, 0.4) is 0 Å². The molecule has 0 aliphatic rings. The number of rotatable bonds is 21. The number of aliphatic hydroxyl groups is 1. The highest BCUT2D eigenvalue weighted by molar-refractivity contribution is 8.14. The highest BCUT2D eigenvalue weighted by Gasteiger charge is 2.20. The average molecular weight is 497 g/mol. The van der Waals surface area contributed by atoms with Crippen LogP contribution in [0.4, 0.5) is 0 Å². The molecular formula is C28H52N2O3S. The predicted octanol–water partition coefficient (Wildman–Crippen LogP) is 6.16. The zero-order chi connectivity index (χ0) is 25.9. The summed E-state index contributed by atoms with van der Waals surface area (Å²) >= 11 is 1.45. The second-order valence-corrected chi connectivity index (χ2v) is 11.2. The van der Waals surface area contributed by atoms with Gasteiger partial charge < -0.3 is 16.2 Å². The minimum absolute atomic E-state index is 0.0636. The van der Waals surface area contributed by atoms with Gasteiger partial charge in [-0.1, -0.05) is 63.9 Å². The van der Waals surface area contributed by atoms with Gasteiger partial charge in [0.25, 0.3) is 0 Å². The molecule has 0 aliphatic heterocycles. The fourth-order valence-corrected chi connectivity index (χ4v) is 5.23. The number of carbonyl (C=O) groups excluding carboxylic acids is 2. The van der Waals surface area contributed by atoms with Crippen LogP contribution in [0.15, 0.2) is 24.3 Å². The minimum Gasteiger partial charge on any atom is -0.393 e. The van der Waals surface area contributed by atoms with Crippen molar-refractivity contribution >= 4 is 22.8 Å². The first-order chi connectivity index (χ1) is 16.1. The number of amides is 1. The fraction of sp³-hybridized carbons (Fsp3) is 0.786. The third-order valence-corrected chi connectivity index (χ3v) is 7.99. The number of nitrogens with one attached hydrogen (secondary N) is 1. The van der Waals surface area contributed by atoms with E-state index >= 15 is 0 Å². The van der Waals surface area contributed by atoms with E-state index < -0.39 is 0 Å². The Labute approximate surface area is 213 Å². The molecule has 0 aromatic carbocycles. The number of nitrogens with two attached hydrogens (primary N) is 1. The minimum atomic E-state index is -0.300. The average Bonchev–Trinajstić information content (AvgIpc) is 2.78. The van der Waals surface area contributed by atoms with Crippen molar-refractivity contribution in [1.82, 2.24) is 5.32 Å². The van der Waals surface area contributed by atoms with Crippen LogP contribution in [0.5, 0.6) is 0 Å². The molecule has 34 heavy (non-hydrogen) atoms. The maximum absolute atomic E-state index is 12.4. The Hall–Kier alpha value is -1.11. The Morgan fingerprint density at radius 1 is 0.912 bits per heavy atom. The number of unbranched alkanes of at least 4 members (excludes halogenated alkanes) is 2. The maximum atomic E-state index is 12.4. The molecule has 4 N–H and O–H groups in total. The number of thioether (sulfide) groups is 1. The van der Waals surface area contributed by atoms with Gasteiger partial charge in [-0.2, -0.15) is 0 Å². The van der Waals surface area contributed by atoms with Crippen LogP contribution in [0.1, 0.15) is 105 Å². The SMILES string of the molecule is C=C(C)C(=O)NCCCCC(CC)CCC(CCCC(CCCCN)C(C)O)SC(=O)C(=C)C. The van der Waals surface area contributed by atoms with E-state index in [0.29, 0.717) is 41.3 Å². The van der Waals surface area contributed by atoms with E-state index in [4.69, 9.17) is 5.73 Å². The molecule has 1 amide bonds. The van der Waals surface area contributed by atoms with E-state index in [1.54, 1.807) is 13.8 Å². The van der Waals surface area contributed by atoms with Crippen molar-refractivity contribution < 1.29 is 14.7 Å². The van der Waals surface area contributed by atoms with Gasteiger partial charge in [-0.3, -0.25) is 9.59 Å². The first-order valence-corrected chi connectivity index (χ1v) is 14.2. The lowest BCUT2D eigenvalue weighted by atomic mass is 9.89. The van der Waals surface area contributed by atoms with Crippen molar-refractivity contribution in [2.45, 2.75) is 116 Å². The lowest BCUT2D eigenvalue weighted by Gasteiger charge is -2.23. The van der Waals surface area contributed by atoms with Crippen molar-refractivity contribution in [3.05, 3.63) is 24.3 Å². The van der Waals surface area contributed by atoms with Gasteiger partial charge in [-0.05, 0) is 89.7 Å². The van der Waals surface area contributed by atoms with Gasteiger partial charge in [-0.25, -0.2) is 0 Å². The highest BCUT2D eigenvalue weighted by Crippen LogP contribution is 2.30. The van der Waals surface area contributed by atoms with Crippen LogP contribution >= 0.6 is 11.8 Å². The normalized spacial score (nSPS) is 14.8. The monoisotopic (exact) mass is 496 g/mol. The van der Waals surface area contributed by atoms with Crippen LogP contribution in [-0.4, -0.2) is 40.6 Å². The molecule has 0 aromatic rings. The molecule has 0 saturated carbocycles. The Balaban J connectivity index is 4.60. The summed E-state index contributed by atoms with van der Waals surface area (Å²) < 4.78 is 0. The Morgan fingerprint density at radius 3 is 2.12 bits per heavy atom. The third kappa shape index (κ3) is 16.5. The smallest absolute Gasteiger partial charge is 0.246 e. The van der Waals surface area contributed by atoms with E-state index in [9.17, 15) is 14.7 Å². The van der Waals surface area contributed by atoms with Crippen molar-refractivity contribution in [2.75, 3.05) is 13.1 Å². The zero-order valence-corrected chi connectivity index (χ0v) is 23.2. The molecule has 4 atom stereocenters. The molecule has 6 heteroatoms. The summed E-state index contributed by atoms with van der Waals surface area (Å²) in [4.78, 5) is 23.9. The standard InChI is InChI=1S/C28H52N2O3S/c1-7-24(13-9-11-20-30-27(32)21(2)3)17-18-26(34-28(33)22(4)5)16-12-15-25(23(6)31)14-8-10-19-29/h23-26,31H,2,4,7-20,29H2,1,3,5-6H3,(H,30,32). The molecule has 0 rings (SSSR count). The molecule has 4 unspecified atom stereocenters. The second-order valence-electron chi connectivity index (χ2n) is 9.91. The van der Waals surface area contributed by atoms with Crippen molar-refractivity contribution in [3.63, 3.8) is 0 Å². The van der Waals surface area contributed by atoms with Crippen LogP contribution in [-0.2, 0) is 9.59 Å². The van der Waals surface area contributed by atoms with Crippen molar-refractivity contribution in [3.8, 4) is 0 Å². The molecule has 0 radical (unpaired) electrons. The van der Waals surface area contributed by atoms with E-state index in [1.807, 2.05) is 6.92 Å². The van der Waals surface area contributed by atoms with Gasteiger partial charge in [0.15, 0.2) is 0 Å². The predicted molar refractivity (Wildman–Crippen MR) is 148 cm³/mol. The van der Waals surface area contributed by atoms with E-state index in [0.717, 1.165) is 77.0 Å². The summed E-state index contributed by atoms with van der Waals surface area (Å²) in [5.74, 6) is 0.885. The topological polar surface area (TPSA) is 92.4 Å². The maximum Gasteiger partial charge on any atom is 0.246 e. The molecule has 0 aromatic heterocycles. The highest BCUT2D eigenvalue weighted by atomic mass is 32.2. The molecule has 198 valence electrons. The quantitative estimate of drug-likeness (QED) is 0.131. The largest absolute Gasteiger partial charge is 0.393 e. The summed E-state index contributed by atoms with van der Waals surface area (Å²) in [7, 11) is 0. The van der Waals surface area contributed by atoms with E-state index in [-0.39, 0.29) is 17.1 Å². The Kier molecular flexibility index (Phi) is 19.5. The summed E-state index contributed by atoms with van der Waals surface area (Å²) in [6, 6.07) is 0. The first-order valence-electron chi connectivity index (χ1n) is 13.3. The summed E-state index contributed by atoms with van der Waals surface area (Å²) in [6.45, 7) is 16.5. The number of aliphatic hydroxyl groups excluding tert-OH is 1. The van der Waals surface area contributed by atoms with Crippen molar-refractivity contribution in [1.29, 1.82) is 0 Å². The molecule has 0 fully saturated rings. The number of hydrogen-bond donors (Lipinski definition) is 3. The van der Waals surface area contributed by atoms with Gasteiger partial charge in [-0.15, -0.1) is 0 Å². The van der Waals surface area contributed by atoms with Crippen LogP contribution in [0.25, 0.3) is 0 Å². The van der Waals surface area contributed by atoms with Gasteiger partial charge in [0.2, 0.25) is 11.0 Å². The first kappa shape index (κ1) is 32.9. The third-order valence-electron chi connectivity index (χ3n) is 6.62. The molecule has 0 aliphatic carbocycles. The van der Waals surface area contributed by atoms with Gasteiger partial charge in [0.05, 0.1) is 6.10 Å². The van der Waals surface area contributed by atoms with Gasteiger partial charge >= 0.3 is 0 Å². The summed E-state index contributed by atoms with van der Waals surface area (Å²) in [6.07, 6.45) is 12.3. The molecule has 5 nitrogen and oxygen atoms in total. The summed E-state index contributed by atoms with van der Waals surface area (Å²) in [5.41, 5.74) is 6.78. The Bertz CT molecular complexity index is 606. The Morgan fingerprint density at radius 2 is 1.56 bits per heavy atom. The summed E-state index contributed by atoms with van der Waals surface area (Å²) in [5, 5.41) is 13.4. The van der Waals surface area contributed by atoms with Crippen LogP contribution in [0, 0.1) is 11.8 Å². The molecule has 0 saturated heterocycles. The van der Waals surface area contributed by atoms with Crippen LogP contribution in [0.2, 0.25) is 0 Å². The van der Waals surface area contributed by atoms with Crippen LogP contribution < -0.4 is 11.1 Å². The second kappa shape index (κ2) is 20.1. The fourth-order valence-electron chi connectivity index (χ4n) is 4.18. The molecule has 0 bridgehead atoms. The van der Waals surface area contributed by atoms with Crippen molar-refractivity contribution in [2.24, 2.45) is 17.6 Å². The van der Waals surface area contributed by atoms with E-state index in [2.05, 4.69) is 25.4 Å². The zero-order valence-electron chi connectivity index (χ0n) is 22.4. The number of carbonyl (C=O) groups is 2. The molecular weight excluding hydrogens is 444 g/mol. The molecule has 0 heterocycles. The van der Waals surface area contributed by atoms with Gasteiger partial charge in [0, 0.05) is 17.4 Å². The number of hydrogen-bond acceptors (Lipinski definition) is 5. The van der Waals surface area contributed by atoms with E-state index in [1.165, 1.54) is 11.8 Å². The lowest BCUT2D eigenvalue weighted by Crippen LogP contribution is -2.24. The lowest BCUT2D eigenvalue weighted by molar-refractivity contribution is -0.117. The van der Waals surface area contributed by atoms with Gasteiger partial charge in [0.1, 0.15) is 0 Å². The molecule has 0 spiro atoms.